The van der Waals surface area contributed by atoms with Crippen LogP contribution in [0.4, 0.5) is 0 Å². The number of unbranched alkanes of at least 4 members (excludes halogenated alkanes) is 1. The SMILES string of the molecule is CCCC1CCC(NCCCCN)CC1. The molecule has 0 atom stereocenters. The fourth-order valence-corrected chi connectivity index (χ4v) is 2.64. The summed E-state index contributed by atoms with van der Waals surface area (Å²) in [6.45, 7) is 4.31. The molecule has 0 radical (unpaired) electrons. The summed E-state index contributed by atoms with van der Waals surface area (Å²) < 4.78 is 0. The third-order valence-corrected chi connectivity index (χ3v) is 3.61. The lowest BCUT2D eigenvalue weighted by molar-refractivity contribution is 0.278. The van der Waals surface area contributed by atoms with Crippen molar-refractivity contribution in [2.75, 3.05) is 13.1 Å². The van der Waals surface area contributed by atoms with Crippen LogP contribution in [0.2, 0.25) is 0 Å². The lowest BCUT2D eigenvalue weighted by atomic mass is 9.83. The molecule has 1 aliphatic carbocycles. The number of hydrogen-bond acceptors (Lipinski definition) is 2. The van der Waals surface area contributed by atoms with Crippen molar-refractivity contribution in [3.8, 4) is 0 Å². The molecule has 3 N–H and O–H groups in total. The van der Waals surface area contributed by atoms with Crippen LogP contribution in [0.15, 0.2) is 0 Å². The van der Waals surface area contributed by atoms with Crippen LogP contribution in [-0.4, -0.2) is 19.1 Å². The molecule has 2 heteroatoms. The number of nitrogens with one attached hydrogen (secondary N) is 1. The Labute approximate surface area is 95.0 Å². The number of nitrogens with two attached hydrogens (primary N) is 1. The molecule has 90 valence electrons. The summed E-state index contributed by atoms with van der Waals surface area (Å²) in [7, 11) is 0. The highest BCUT2D eigenvalue weighted by molar-refractivity contribution is 4.76. The molecule has 0 bridgehead atoms. The van der Waals surface area contributed by atoms with Gasteiger partial charge in [0.2, 0.25) is 0 Å². The molecule has 1 aliphatic rings. The fourth-order valence-electron chi connectivity index (χ4n) is 2.64. The van der Waals surface area contributed by atoms with E-state index in [4.69, 9.17) is 5.73 Å². The Balaban J connectivity index is 1.99. The first kappa shape index (κ1) is 13.0. The maximum Gasteiger partial charge on any atom is 0.00672 e. The van der Waals surface area contributed by atoms with Crippen LogP contribution < -0.4 is 11.1 Å². The van der Waals surface area contributed by atoms with E-state index in [1.165, 1.54) is 51.5 Å². The minimum Gasteiger partial charge on any atom is -0.330 e. The van der Waals surface area contributed by atoms with E-state index < -0.39 is 0 Å². The first-order valence-electron chi connectivity index (χ1n) is 6.80. The van der Waals surface area contributed by atoms with E-state index in [9.17, 15) is 0 Å². The van der Waals surface area contributed by atoms with Crippen molar-refractivity contribution in [1.29, 1.82) is 0 Å². The van der Waals surface area contributed by atoms with Gasteiger partial charge in [0.1, 0.15) is 0 Å². The Hall–Kier alpha value is -0.0800. The third kappa shape index (κ3) is 5.53. The molecule has 0 aromatic rings. The van der Waals surface area contributed by atoms with Crippen LogP contribution in [0.5, 0.6) is 0 Å². The van der Waals surface area contributed by atoms with Gasteiger partial charge in [-0.25, -0.2) is 0 Å². The predicted molar refractivity (Wildman–Crippen MR) is 66.9 cm³/mol. The molecular formula is C13H28N2. The molecule has 0 aromatic heterocycles. The molecule has 2 nitrogen and oxygen atoms in total. The Bertz CT molecular complexity index is 137. The molecule has 0 amide bonds. The van der Waals surface area contributed by atoms with E-state index in [0.717, 1.165) is 24.9 Å². The molecule has 0 aromatic carbocycles. The van der Waals surface area contributed by atoms with E-state index in [2.05, 4.69) is 12.2 Å². The summed E-state index contributed by atoms with van der Waals surface area (Å²) in [5.41, 5.74) is 5.47. The minimum atomic E-state index is 0.802. The van der Waals surface area contributed by atoms with Gasteiger partial charge >= 0.3 is 0 Å². The van der Waals surface area contributed by atoms with Crippen molar-refractivity contribution in [2.24, 2.45) is 11.7 Å². The van der Waals surface area contributed by atoms with Crippen LogP contribution >= 0.6 is 0 Å². The summed E-state index contributed by atoms with van der Waals surface area (Å²) in [6, 6.07) is 0.802. The molecule has 0 unspecified atom stereocenters. The van der Waals surface area contributed by atoms with Gasteiger partial charge in [0.05, 0.1) is 0 Å². The molecule has 1 rings (SSSR count). The molecule has 1 fully saturated rings. The van der Waals surface area contributed by atoms with E-state index in [0.29, 0.717) is 0 Å². The minimum absolute atomic E-state index is 0.802. The predicted octanol–water partition coefficient (Wildman–Crippen LogP) is 2.67. The van der Waals surface area contributed by atoms with Crippen molar-refractivity contribution < 1.29 is 0 Å². The zero-order valence-electron chi connectivity index (χ0n) is 10.3. The van der Waals surface area contributed by atoms with Crippen LogP contribution in [-0.2, 0) is 0 Å². The van der Waals surface area contributed by atoms with Gasteiger partial charge < -0.3 is 11.1 Å². The summed E-state index contributed by atoms with van der Waals surface area (Å²) in [5, 5.41) is 3.66. The molecule has 0 heterocycles. The van der Waals surface area contributed by atoms with Crippen LogP contribution in [0.25, 0.3) is 0 Å². The molecular weight excluding hydrogens is 184 g/mol. The van der Waals surface area contributed by atoms with Gasteiger partial charge in [0.25, 0.3) is 0 Å². The average Bonchev–Trinajstić information content (AvgIpc) is 2.27. The van der Waals surface area contributed by atoms with E-state index in [-0.39, 0.29) is 0 Å². The van der Waals surface area contributed by atoms with Gasteiger partial charge in [-0.15, -0.1) is 0 Å². The van der Waals surface area contributed by atoms with Crippen LogP contribution in [0, 0.1) is 5.92 Å². The van der Waals surface area contributed by atoms with Crippen molar-refractivity contribution in [3.63, 3.8) is 0 Å². The first-order valence-corrected chi connectivity index (χ1v) is 6.80. The van der Waals surface area contributed by atoms with E-state index >= 15 is 0 Å². The summed E-state index contributed by atoms with van der Waals surface area (Å²) >= 11 is 0. The zero-order chi connectivity index (χ0) is 10.9. The van der Waals surface area contributed by atoms with Gasteiger partial charge in [-0.3, -0.25) is 0 Å². The highest BCUT2D eigenvalue weighted by atomic mass is 14.9. The molecule has 1 saturated carbocycles. The Kier molecular flexibility index (Phi) is 7.03. The van der Waals surface area contributed by atoms with Crippen LogP contribution in [0.1, 0.15) is 58.3 Å². The summed E-state index contributed by atoms with van der Waals surface area (Å²) in [6.07, 6.45) is 10.9. The normalized spacial score (nSPS) is 26.8. The van der Waals surface area contributed by atoms with E-state index in [1.54, 1.807) is 0 Å². The van der Waals surface area contributed by atoms with Gasteiger partial charge in [0, 0.05) is 6.04 Å². The smallest absolute Gasteiger partial charge is 0.00672 e. The molecule has 15 heavy (non-hydrogen) atoms. The van der Waals surface area contributed by atoms with Crippen molar-refractivity contribution in [1.82, 2.24) is 5.32 Å². The molecule has 0 aliphatic heterocycles. The fraction of sp³-hybridized carbons (Fsp3) is 1.00. The summed E-state index contributed by atoms with van der Waals surface area (Å²) in [4.78, 5) is 0. The Morgan fingerprint density at radius 2 is 1.87 bits per heavy atom. The molecule has 0 saturated heterocycles. The Morgan fingerprint density at radius 1 is 1.13 bits per heavy atom. The van der Waals surface area contributed by atoms with Crippen molar-refractivity contribution >= 4 is 0 Å². The van der Waals surface area contributed by atoms with Crippen LogP contribution in [0.3, 0.4) is 0 Å². The summed E-state index contributed by atoms with van der Waals surface area (Å²) in [5.74, 6) is 1.03. The second kappa shape index (κ2) is 8.12. The number of rotatable bonds is 7. The van der Waals surface area contributed by atoms with E-state index in [1.807, 2.05) is 0 Å². The first-order chi connectivity index (χ1) is 7.36. The monoisotopic (exact) mass is 212 g/mol. The van der Waals surface area contributed by atoms with Gasteiger partial charge in [-0.1, -0.05) is 19.8 Å². The second-order valence-electron chi connectivity index (χ2n) is 4.96. The lowest BCUT2D eigenvalue weighted by Crippen LogP contribution is -2.33. The van der Waals surface area contributed by atoms with Crippen molar-refractivity contribution in [3.05, 3.63) is 0 Å². The van der Waals surface area contributed by atoms with Crippen molar-refractivity contribution in [2.45, 2.75) is 64.3 Å². The highest BCUT2D eigenvalue weighted by Gasteiger charge is 2.19. The lowest BCUT2D eigenvalue weighted by Gasteiger charge is -2.29. The highest BCUT2D eigenvalue weighted by Crippen LogP contribution is 2.27. The largest absolute Gasteiger partial charge is 0.330 e. The third-order valence-electron chi connectivity index (χ3n) is 3.61. The quantitative estimate of drug-likeness (QED) is 0.637. The average molecular weight is 212 g/mol. The van der Waals surface area contributed by atoms with Gasteiger partial charge in [-0.2, -0.15) is 0 Å². The Morgan fingerprint density at radius 3 is 2.47 bits per heavy atom. The van der Waals surface area contributed by atoms with Gasteiger partial charge in [0.15, 0.2) is 0 Å². The second-order valence-corrected chi connectivity index (χ2v) is 4.96. The zero-order valence-corrected chi connectivity index (χ0v) is 10.3. The molecule has 0 spiro atoms. The number of hydrogen-bond donors (Lipinski definition) is 2. The standard InChI is InChI=1S/C13H28N2/c1-2-5-12-6-8-13(9-7-12)15-11-4-3-10-14/h12-13,15H,2-11,14H2,1H3. The van der Waals surface area contributed by atoms with Gasteiger partial charge in [-0.05, 0) is 57.5 Å². The topological polar surface area (TPSA) is 38.0 Å². The maximum atomic E-state index is 5.47. The maximum absolute atomic E-state index is 5.47.